The first kappa shape index (κ1) is 20.4. The molecule has 3 rings (SSSR count). The lowest BCUT2D eigenvalue weighted by atomic mass is 9.97. The van der Waals surface area contributed by atoms with Crippen molar-refractivity contribution in [1.29, 1.82) is 0 Å². The first-order valence-corrected chi connectivity index (χ1v) is 11.1. The van der Waals surface area contributed by atoms with Crippen molar-refractivity contribution in [3.05, 3.63) is 66.2 Å². The number of amides is 1. The minimum Gasteiger partial charge on any atom is -0.492 e. The van der Waals surface area contributed by atoms with E-state index in [1.54, 1.807) is 0 Å². The van der Waals surface area contributed by atoms with Gasteiger partial charge in [0.2, 0.25) is 15.9 Å². The Bertz CT molecular complexity index is 848. The Balaban J connectivity index is 1.40. The molecule has 150 valence electrons. The maximum Gasteiger partial charge on any atom is 0.223 e. The van der Waals surface area contributed by atoms with Gasteiger partial charge in [-0.05, 0) is 30.5 Å². The van der Waals surface area contributed by atoms with Crippen molar-refractivity contribution in [2.24, 2.45) is 5.92 Å². The standard InChI is InChI=1S/C21H26N2O4S/c24-21(22-13-16-27-20-9-5-2-6-10-20)19-11-14-23(15-12-19)28(25,26)17-18-7-3-1-4-8-18/h1-10,19H,11-17H2,(H,22,24). The Morgan fingerprint density at radius 2 is 1.61 bits per heavy atom. The van der Waals surface area contributed by atoms with E-state index in [4.69, 9.17) is 4.74 Å². The SMILES string of the molecule is O=C(NCCOc1ccccc1)C1CCN(S(=O)(=O)Cc2ccccc2)CC1. The fraction of sp³-hybridized carbons (Fsp3) is 0.381. The van der Waals surface area contributed by atoms with Crippen molar-refractivity contribution in [3.63, 3.8) is 0 Å². The predicted molar refractivity (Wildman–Crippen MR) is 108 cm³/mol. The average Bonchev–Trinajstić information content (AvgIpc) is 2.72. The van der Waals surface area contributed by atoms with Crippen molar-refractivity contribution in [1.82, 2.24) is 9.62 Å². The molecule has 0 aliphatic carbocycles. The van der Waals surface area contributed by atoms with Crippen LogP contribution < -0.4 is 10.1 Å². The zero-order valence-corrected chi connectivity index (χ0v) is 16.6. The Hall–Kier alpha value is -2.38. The number of nitrogens with one attached hydrogen (secondary N) is 1. The molecule has 1 N–H and O–H groups in total. The first-order valence-electron chi connectivity index (χ1n) is 9.52. The van der Waals surface area contributed by atoms with E-state index in [1.807, 2.05) is 60.7 Å². The first-order chi connectivity index (χ1) is 13.5. The van der Waals surface area contributed by atoms with Gasteiger partial charge in [0.25, 0.3) is 0 Å². The molecule has 0 aromatic heterocycles. The van der Waals surface area contributed by atoms with Crippen LogP contribution in [-0.2, 0) is 20.6 Å². The lowest BCUT2D eigenvalue weighted by Crippen LogP contribution is -2.43. The van der Waals surface area contributed by atoms with Gasteiger partial charge < -0.3 is 10.1 Å². The summed E-state index contributed by atoms with van der Waals surface area (Å²) in [4.78, 5) is 12.3. The monoisotopic (exact) mass is 402 g/mol. The maximum atomic E-state index is 12.6. The average molecular weight is 403 g/mol. The molecule has 6 nitrogen and oxygen atoms in total. The smallest absolute Gasteiger partial charge is 0.223 e. The molecule has 0 saturated carbocycles. The van der Waals surface area contributed by atoms with Crippen molar-refractivity contribution in [3.8, 4) is 5.75 Å². The molecule has 1 aliphatic rings. The molecule has 0 radical (unpaired) electrons. The number of rotatable bonds is 8. The van der Waals surface area contributed by atoms with Gasteiger partial charge in [0.05, 0.1) is 12.3 Å². The third kappa shape index (κ3) is 5.81. The van der Waals surface area contributed by atoms with E-state index in [1.165, 1.54) is 4.31 Å². The minimum atomic E-state index is -3.36. The van der Waals surface area contributed by atoms with Gasteiger partial charge in [-0.15, -0.1) is 0 Å². The molecule has 1 aliphatic heterocycles. The van der Waals surface area contributed by atoms with E-state index < -0.39 is 10.0 Å². The minimum absolute atomic E-state index is 0.00152. The van der Waals surface area contributed by atoms with Gasteiger partial charge in [-0.3, -0.25) is 4.79 Å². The molecule has 2 aromatic carbocycles. The van der Waals surface area contributed by atoms with Gasteiger partial charge in [0.15, 0.2) is 0 Å². The van der Waals surface area contributed by atoms with Gasteiger partial charge in [-0.25, -0.2) is 12.7 Å². The highest BCUT2D eigenvalue weighted by molar-refractivity contribution is 7.88. The molecule has 28 heavy (non-hydrogen) atoms. The number of ether oxygens (including phenoxy) is 1. The van der Waals surface area contributed by atoms with Crippen molar-refractivity contribution in [2.75, 3.05) is 26.2 Å². The van der Waals surface area contributed by atoms with Crippen LogP contribution in [0, 0.1) is 5.92 Å². The van der Waals surface area contributed by atoms with Gasteiger partial charge in [0, 0.05) is 19.0 Å². The van der Waals surface area contributed by atoms with Gasteiger partial charge in [-0.1, -0.05) is 48.5 Å². The number of carbonyl (C=O) groups excluding carboxylic acids is 1. The third-order valence-corrected chi connectivity index (χ3v) is 6.67. The van der Waals surface area contributed by atoms with Gasteiger partial charge >= 0.3 is 0 Å². The number of nitrogens with zero attached hydrogens (tertiary/aromatic N) is 1. The highest BCUT2D eigenvalue weighted by Gasteiger charge is 2.30. The van der Waals surface area contributed by atoms with Crippen LogP contribution in [0.2, 0.25) is 0 Å². The molecule has 0 unspecified atom stereocenters. The molecule has 0 spiro atoms. The summed E-state index contributed by atoms with van der Waals surface area (Å²) in [5.74, 6) is 0.590. The molecule has 7 heteroatoms. The number of hydrogen-bond acceptors (Lipinski definition) is 4. The lowest BCUT2D eigenvalue weighted by molar-refractivity contribution is -0.126. The molecule has 1 saturated heterocycles. The summed E-state index contributed by atoms with van der Waals surface area (Å²) in [5, 5.41) is 2.88. The normalized spacial score (nSPS) is 15.9. The summed E-state index contributed by atoms with van der Waals surface area (Å²) >= 11 is 0. The van der Waals surface area contributed by atoms with E-state index in [2.05, 4.69) is 5.32 Å². The van der Waals surface area contributed by atoms with Crippen molar-refractivity contribution >= 4 is 15.9 Å². The Kier molecular flexibility index (Phi) is 7.06. The third-order valence-electron chi connectivity index (χ3n) is 4.82. The van der Waals surface area contributed by atoms with E-state index in [9.17, 15) is 13.2 Å². The van der Waals surface area contributed by atoms with Crippen LogP contribution in [0.4, 0.5) is 0 Å². The van der Waals surface area contributed by atoms with E-state index in [0.29, 0.717) is 39.1 Å². The number of carbonyl (C=O) groups is 1. The zero-order chi connectivity index (χ0) is 19.8. The van der Waals surface area contributed by atoms with Crippen molar-refractivity contribution in [2.45, 2.75) is 18.6 Å². The van der Waals surface area contributed by atoms with Gasteiger partial charge in [-0.2, -0.15) is 0 Å². The Labute approximate surface area is 166 Å². The fourth-order valence-electron chi connectivity index (χ4n) is 3.28. The molecule has 1 heterocycles. The number of sulfonamides is 1. The largest absolute Gasteiger partial charge is 0.492 e. The second-order valence-corrected chi connectivity index (χ2v) is 8.84. The van der Waals surface area contributed by atoms with E-state index >= 15 is 0 Å². The molecule has 0 atom stereocenters. The fourth-order valence-corrected chi connectivity index (χ4v) is 4.84. The van der Waals surface area contributed by atoms with Crippen LogP contribution in [0.5, 0.6) is 5.75 Å². The topological polar surface area (TPSA) is 75.7 Å². The number of para-hydroxylation sites is 1. The van der Waals surface area contributed by atoms with E-state index in [-0.39, 0.29) is 17.6 Å². The second kappa shape index (κ2) is 9.71. The van der Waals surface area contributed by atoms with Crippen LogP contribution >= 0.6 is 0 Å². The second-order valence-electron chi connectivity index (χ2n) is 6.87. The molecular formula is C21H26N2O4S. The lowest BCUT2D eigenvalue weighted by Gasteiger charge is -2.30. The Morgan fingerprint density at radius 3 is 2.25 bits per heavy atom. The summed E-state index contributed by atoms with van der Waals surface area (Å²) in [7, 11) is -3.36. The van der Waals surface area contributed by atoms with Crippen molar-refractivity contribution < 1.29 is 17.9 Å². The van der Waals surface area contributed by atoms with Crippen LogP contribution in [0.3, 0.4) is 0 Å². The van der Waals surface area contributed by atoms with Crippen LogP contribution in [-0.4, -0.2) is 44.9 Å². The molecule has 2 aromatic rings. The molecule has 1 fully saturated rings. The quantitative estimate of drug-likeness (QED) is 0.688. The number of benzene rings is 2. The number of piperidine rings is 1. The summed E-state index contributed by atoms with van der Waals surface area (Å²) in [5.41, 5.74) is 0.779. The molecular weight excluding hydrogens is 376 g/mol. The number of hydrogen-bond donors (Lipinski definition) is 1. The maximum absolute atomic E-state index is 12.6. The summed E-state index contributed by atoms with van der Waals surface area (Å²) in [6.45, 7) is 1.60. The van der Waals surface area contributed by atoms with Gasteiger partial charge in [0.1, 0.15) is 12.4 Å². The molecule has 0 bridgehead atoms. The highest BCUT2D eigenvalue weighted by Crippen LogP contribution is 2.21. The zero-order valence-electron chi connectivity index (χ0n) is 15.8. The van der Waals surface area contributed by atoms with Crippen LogP contribution in [0.15, 0.2) is 60.7 Å². The summed E-state index contributed by atoms with van der Waals surface area (Å²) in [6, 6.07) is 18.6. The highest BCUT2D eigenvalue weighted by atomic mass is 32.2. The summed E-state index contributed by atoms with van der Waals surface area (Å²) in [6.07, 6.45) is 1.08. The van der Waals surface area contributed by atoms with Crippen LogP contribution in [0.1, 0.15) is 18.4 Å². The van der Waals surface area contributed by atoms with E-state index in [0.717, 1.165) is 11.3 Å². The van der Waals surface area contributed by atoms with Crippen LogP contribution in [0.25, 0.3) is 0 Å². The molecule has 1 amide bonds. The Morgan fingerprint density at radius 1 is 1.00 bits per heavy atom. The predicted octanol–water partition coefficient (Wildman–Crippen LogP) is 2.42. The summed E-state index contributed by atoms with van der Waals surface area (Å²) < 4.78 is 32.2.